The summed E-state index contributed by atoms with van der Waals surface area (Å²) < 4.78 is 0. The van der Waals surface area contributed by atoms with E-state index in [0.29, 0.717) is 6.54 Å². The van der Waals surface area contributed by atoms with E-state index in [0.717, 1.165) is 23.4 Å². The molecule has 2 unspecified atom stereocenters. The Hall–Kier alpha value is -1.84. The molecule has 2 aromatic rings. The number of carbonyl (C=O) groups excluding carboxylic acids is 1. The summed E-state index contributed by atoms with van der Waals surface area (Å²) in [4.78, 5) is 12.2. The monoisotopic (exact) mass is 330 g/mol. The van der Waals surface area contributed by atoms with Gasteiger partial charge >= 0.3 is 0 Å². The molecular weight excluding hydrogens is 308 g/mol. The summed E-state index contributed by atoms with van der Waals surface area (Å²) in [6, 6.07) is 17.2. The molecule has 3 N–H and O–H groups in total. The van der Waals surface area contributed by atoms with Crippen molar-refractivity contribution in [2.45, 2.75) is 25.8 Å². The second kappa shape index (κ2) is 8.70. The molecule has 0 aromatic heterocycles. The third-order valence-corrected chi connectivity index (χ3v) is 4.24. The van der Waals surface area contributed by atoms with Crippen LogP contribution < -0.4 is 11.1 Å². The van der Waals surface area contributed by atoms with Crippen LogP contribution in [-0.2, 0) is 11.2 Å². The van der Waals surface area contributed by atoms with E-state index < -0.39 is 0 Å². The first kappa shape index (κ1) is 17.5. The minimum absolute atomic E-state index is 0.00235. The molecular formula is C19H23ClN2O. The van der Waals surface area contributed by atoms with E-state index >= 15 is 0 Å². The summed E-state index contributed by atoms with van der Waals surface area (Å²) in [5.74, 6) is -0.259. The Balaban J connectivity index is 1.74. The van der Waals surface area contributed by atoms with Gasteiger partial charge in [0.05, 0.1) is 5.92 Å². The molecule has 23 heavy (non-hydrogen) atoms. The highest BCUT2D eigenvalue weighted by Crippen LogP contribution is 2.19. The second-order valence-corrected chi connectivity index (χ2v) is 6.18. The van der Waals surface area contributed by atoms with E-state index in [1.54, 1.807) is 0 Å². The molecule has 0 bridgehead atoms. The maximum Gasteiger partial charge on any atom is 0.224 e. The van der Waals surface area contributed by atoms with Crippen LogP contribution in [-0.4, -0.2) is 12.5 Å². The van der Waals surface area contributed by atoms with Gasteiger partial charge < -0.3 is 11.1 Å². The highest BCUT2D eigenvalue weighted by atomic mass is 35.5. The van der Waals surface area contributed by atoms with E-state index in [9.17, 15) is 4.79 Å². The van der Waals surface area contributed by atoms with Crippen molar-refractivity contribution in [3.05, 3.63) is 70.7 Å². The Morgan fingerprint density at radius 1 is 1.13 bits per heavy atom. The highest BCUT2D eigenvalue weighted by Gasteiger charge is 2.21. The first-order chi connectivity index (χ1) is 11.1. The van der Waals surface area contributed by atoms with Gasteiger partial charge in [-0.15, -0.1) is 0 Å². The fourth-order valence-corrected chi connectivity index (χ4v) is 2.57. The largest absolute Gasteiger partial charge is 0.356 e. The molecule has 0 spiro atoms. The van der Waals surface area contributed by atoms with Gasteiger partial charge in [-0.1, -0.05) is 61.0 Å². The molecule has 0 saturated heterocycles. The van der Waals surface area contributed by atoms with Gasteiger partial charge in [0.2, 0.25) is 5.91 Å². The number of benzene rings is 2. The number of aryl methyl sites for hydroxylation is 1. The first-order valence-corrected chi connectivity index (χ1v) is 8.28. The fourth-order valence-electron chi connectivity index (χ4n) is 2.44. The van der Waals surface area contributed by atoms with Crippen LogP contribution >= 0.6 is 11.6 Å². The van der Waals surface area contributed by atoms with Gasteiger partial charge in [-0.2, -0.15) is 0 Å². The smallest absolute Gasteiger partial charge is 0.224 e. The molecule has 0 fully saturated rings. The summed E-state index contributed by atoms with van der Waals surface area (Å²) in [5.41, 5.74) is 8.38. The number of carbonyl (C=O) groups is 1. The molecule has 2 aromatic carbocycles. The zero-order chi connectivity index (χ0) is 16.7. The van der Waals surface area contributed by atoms with E-state index in [4.69, 9.17) is 17.3 Å². The summed E-state index contributed by atoms with van der Waals surface area (Å²) >= 11 is 5.86. The van der Waals surface area contributed by atoms with Crippen LogP contribution in [0.25, 0.3) is 0 Å². The molecule has 2 rings (SSSR count). The van der Waals surface area contributed by atoms with Crippen molar-refractivity contribution >= 4 is 17.5 Å². The van der Waals surface area contributed by atoms with Gasteiger partial charge in [-0.3, -0.25) is 4.79 Å². The van der Waals surface area contributed by atoms with Crippen molar-refractivity contribution in [3.63, 3.8) is 0 Å². The molecule has 0 saturated carbocycles. The highest BCUT2D eigenvalue weighted by molar-refractivity contribution is 6.30. The van der Waals surface area contributed by atoms with Crippen molar-refractivity contribution in [1.29, 1.82) is 0 Å². The van der Waals surface area contributed by atoms with Crippen LogP contribution in [0.15, 0.2) is 54.6 Å². The molecule has 122 valence electrons. The third kappa shape index (κ3) is 5.38. The second-order valence-electron chi connectivity index (χ2n) is 5.75. The first-order valence-electron chi connectivity index (χ1n) is 7.90. The lowest BCUT2D eigenvalue weighted by molar-refractivity contribution is -0.125. The van der Waals surface area contributed by atoms with Crippen molar-refractivity contribution in [1.82, 2.24) is 5.32 Å². The van der Waals surface area contributed by atoms with E-state index in [1.165, 1.54) is 5.56 Å². The number of hydrogen-bond acceptors (Lipinski definition) is 2. The van der Waals surface area contributed by atoms with Crippen LogP contribution in [0.2, 0.25) is 5.02 Å². The predicted molar refractivity (Wildman–Crippen MR) is 95.3 cm³/mol. The fraction of sp³-hybridized carbons (Fsp3) is 0.316. The zero-order valence-corrected chi connectivity index (χ0v) is 14.1. The van der Waals surface area contributed by atoms with Gasteiger partial charge in [0.25, 0.3) is 0 Å². The lowest BCUT2D eigenvalue weighted by atomic mass is 9.94. The Morgan fingerprint density at radius 2 is 1.78 bits per heavy atom. The molecule has 1 amide bonds. The van der Waals surface area contributed by atoms with E-state index in [-0.39, 0.29) is 17.9 Å². The molecule has 0 aliphatic heterocycles. The van der Waals surface area contributed by atoms with Crippen LogP contribution in [0, 0.1) is 5.92 Å². The minimum atomic E-state index is -0.285. The SMILES string of the molecule is CC(C(=O)NCCCc1ccc(Cl)cc1)C(N)c1ccccc1. The van der Waals surface area contributed by atoms with Crippen LogP contribution in [0.3, 0.4) is 0 Å². The van der Waals surface area contributed by atoms with Gasteiger partial charge in [0.1, 0.15) is 0 Å². The molecule has 0 heterocycles. The number of halogens is 1. The topological polar surface area (TPSA) is 55.1 Å². The van der Waals surface area contributed by atoms with Gasteiger partial charge in [-0.25, -0.2) is 0 Å². The van der Waals surface area contributed by atoms with Crippen LogP contribution in [0.4, 0.5) is 0 Å². The van der Waals surface area contributed by atoms with Gasteiger partial charge in [0, 0.05) is 17.6 Å². The standard InChI is InChI=1S/C19H23ClN2O/c1-14(18(21)16-7-3-2-4-8-16)19(23)22-13-5-6-15-9-11-17(20)12-10-15/h2-4,7-12,14,18H,5-6,13,21H2,1H3,(H,22,23). The molecule has 3 nitrogen and oxygen atoms in total. The van der Waals surface area contributed by atoms with Gasteiger partial charge in [-0.05, 0) is 36.1 Å². The summed E-state index contributed by atoms with van der Waals surface area (Å²) in [5, 5.41) is 3.71. The maximum absolute atomic E-state index is 12.2. The van der Waals surface area contributed by atoms with Crippen LogP contribution in [0.5, 0.6) is 0 Å². The Kier molecular flexibility index (Phi) is 6.63. The molecule has 2 atom stereocenters. The normalized spacial score (nSPS) is 13.3. The molecule has 4 heteroatoms. The third-order valence-electron chi connectivity index (χ3n) is 3.99. The zero-order valence-electron chi connectivity index (χ0n) is 13.3. The van der Waals surface area contributed by atoms with Crippen molar-refractivity contribution in [2.75, 3.05) is 6.54 Å². The number of hydrogen-bond donors (Lipinski definition) is 2. The average molecular weight is 331 g/mol. The Labute approximate surface area is 142 Å². The average Bonchev–Trinajstić information content (AvgIpc) is 2.59. The van der Waals surface area contributed by atoms with E-state index in [1.807, 2.05) is 61.5 Å². The lowest BCUT2D eigenvalue weighted by Gasteiger charge is -2.19. The van der Waals surface area contributed by atoms with E-state index in [2.05, 4.69) is 5.32 Å². The van der Waals surface area contributed by atoms with Crippen molar-refractivity contribution < 1.29 is 4.79 Å². The minimum Gasteiger partial charge on any atom is -0.356 e. The maximum atomic E-state index is 12.2. The van der Waals surface area contributed by atoms with Crippen molar-refractivity contribution in [3.8, 4) is 0 Å². The number of amides is 1. The quantitative estimate of drug-likeness (QED) is 0.760. The molecule has 0 aliphatic rings. The Bertz CT molecular complexity index is 613. The Morgan fingerprint density at radius 3 is 2.43 bits per heavy atom. The van der Waals surface area contributed by atoms with Crippen LogP contribution in [0.1, 0.15) is 30.5 Å². The summed E-state index contributed by atoms with van der Waals surface area (Å²) in [7, 11) is 0. The molecule has 0 radical (unpaired) electrons. The summed E-state index contributed by atoms with van der Waals surface area (Å²) in [6.07, 6.45) is 1.80. The molecule has 0 aliphatic carbocycles. The lowest BCUT2D eigenvalue weighted by Crippen LogP contribution is -2.36. The predicted octanol–water partition coefficient (Wildman–Crippen LogP) is 3.72. The van der Waals surface area contributed by atoms with Crippen molar-refractivity contribution in [2.24, 2.45) is 11.7 Å². The number of nitrogens with one attached hydrogen (secondary N) is 1. The number of rotatable bonds is 7. The van der Waals surface area contributed by atoms with Gasteiger partial charge in [0.15, 0.2) is 0 Å². The summed E-state index contributed by atoms with van der Waals surface area (Å²) in [6.45, 7) is 2.51. The number of nitrogens with two attached hydrogens (primary N) is 1.